The van der Waals surface area contributed by atoms with Crippen LogP contribution in [0.2, 0.25) is 0 Å². The Kier molecular flexibility index (Phi) is 5.82. The van der Waals surface area contributed by atoms with Crippen molar-refractivity contribution in [2.75, 3.05) is 11.9 Å². The molecule has 0 heterocycles. The first-order chi connectivity index (χ1) is 9.58. The number of urea groups is 1. The second kappa shape index (κ2) is 6.97. The van der Waals surface area contributed by atoms with E-state index in [1.165, 1.54) is 5.56 Å². The van der Waals surface area contributed by atoms with Crippen LogP contribution in [0, 0.1) is 5.41 Å². The van der Waals surface area contributed by atoms with Crippen LogP contribution >= 0.6 is 0 Å². The molecular formula is C18H30N2O. The van der Waals surface area contributed by atoms with Crippen LogP contribution in [0.25, 0.3) is 0 Å². The molecule has 0 fully saturated rings. The van der Waals surface area contributed by atoms with Gasteiger partial charge in [-0.1, -0.05) is 53.7 Å². The van der Waals surface area contributed by atoms with E-state index in [-0.39, 0.29) is 11.4 Å². The fourth-order valence-corrected chi connectivity index (χ4v) is 2.05. The van der Waals surface area contributed by atoms with E-state index < -0.39 is 0 Å². The van der Waals surface area contributed by atoms with E-state index in [2.05, 4.69) is 64.3 Å². The summed E-state index contributed by atoms with van der Waals surface area (Å²) in [7, 11) is 0. The third kappa shape index (κ3) is 7.16. The van der Waals surface area contributed by atoms with Gasteiger partial charge in [-0.15, -0.1) is 0 Å². The van der Waals surface area contributed by atoms with Crippen molar-refractivity contribution in [3.8, 4) is 0 Å². The number of rotatable bonds is 4. The molecule has 0 aliphatic heterocycles. The average Bonchev–Trinajstić information content (AvgIpc) is 2.33. The van der Waals surface area contributed by atoms with Crippen molar-refractivity contribution in [1.29, 1.82) is 0 Å². The summed E-state index contributed by atoms with van der Waals surface area (Å²) in [5, 5.41) is 5.77. The number of hydrogen-bond acceptors (Lipinski definition) is 1. The van der Waals surface area contributed by atoms with Gasteiger partial charge in [0.05, 0.1) is 0 Å². The molecule has 0 saturated heterocycles. The molecule has 0 spiro atoms. The van der Waals surface area contributed by atoms with E-state index >= 15 is 0 Å². The number of benzene rings is 1. The highest BCUT2D eigenvalue weighted by molar-refractivity contribution is 5.89. The SMILES string of the molecule is CC(C)(C)CCCNC(=O)Nc1ccc(C(C)(C)C)cc1. The summed E-state index contributed by atoms with van der Waals surface area (Å²) in [6.07, 6.45) is 2.10. The van der Waals surface area contributed by atoms with Crippen LogP contribution in [0.1, 0.15) is 59.9 Å². The van der Waals surface area contributed by atoms with Crippen LogP contribution < -0.4 is 10.6 Å². The third-order valence-electron chi connectivity index (χ3n) is 3.40. The number of hydrogen-bond donors (Lipinski definition) is 2. The zero-order chi connectivity index (χ0) is 16.1. The lowest BCUT2D eigenvalue weighted by atomic mass is 9.87. The number of carbonyl (C=O) groups excluding carboxylic acids is 1. The van der Waals surface area contributed by atoms with Gasteiger partial charge in [0, 0.05) is 12.2 Å². The van der Waals surface area contributed by atoms with Crippen molar-refractivity contribution in [3.05, 3.63) is 29.8 Å². The molecule has 2 N–H and O–H groups in total. The van der Waals surface area contributed by atoms with Crippen molar-refractivity contribution >= 4 is 11.7 Å². The van der Waals surface area contributed by atoms with Gasteiger partial charge in [-0.25, -0.2) is 4.79 Å². The molecule has 2 amide bonds. The molecule has 21 heavy (non-hydrogen) atoms. The summed E-state index contributed by atoms with van der Waals surface area (Å²) in [6, 6.07) is 7.90. The molecule has 0 aromatic heterocycles. The van der Waals surface area contributed by atoms with E-state index in [4.69, 9.17) is 0 Å². The maximum absolute atomic E-state index is 11.8. The first-order valence-corrected chi connectivity index (χ1v) is 7.73. The Morgan fingerprint density at radius 1 is 1.00 bits per heavy atom. The summed E-state index contributed by atoms with van der Waals surface area (Å²) in [5.41, 5.74) is 2.55. The van der Waals surface area contributed by atoms with Gasteiger partial charge in [0.1, 0.15) is 0 Å². The van der Waals surface area contributed by atoms with Crippen LogP contribution in [0.3, 0.4) is 0 Å². The quantitative estimate of drug-likeness (QED) is 0.758. The average molecular weight is 290 g/mol. The Morgan fingerprint density at radius 3 is 2.05 bits per heavy atom. The van der Waals surface area contributed by atoms with E-state index in [1.807, 2.05) is 12.1 Å². The predicted molar refractivity (Wildman–Crippen MR) is 90.9 cm³/mol. The maximum atomic E-state index is 11.8. The Hall–Kier alpha value is -1.51. The van der Waals surface area contributed by atoms with Crippen molar-refractivity contribution in [3.63, 3.8) is 0 Å². The van der Waals surface area contributed by atoms with Crippen molar-refractivity contribution in [2.24, 2.45) is 5.41 Å². The number of nitrogens with one attached hydrogen (secondary N) is 2. The summed E-state index contributed by atoms with van der Waals surface area (Å²) < 4.78 is 0. The fourth-order valence-electron chi connectivity index (χ4n) is 2.05. The number of anilines is 1. The molecule has 0 aliphatic rings. The maximum Gasteiger partial charge on any atom is 0.319 e. The van der Waals surface area contributed by atoms with Gasteiger partial charge in [-0.2, -0.15) is 0 Å². The molecule has 0 bridgehead atoms. The third-order valence-corrected chi connectivity index (χ3v) is 3.40. The smallest absolute Gasteiger partial charge is 0.319 e. The van der Waals surface area contributed by atoms with Crippen LogP contribution in [0.4, 0.5) is 10.5 Å². The van der Waals surface area contributed by atoms with Gasteiger partial charge in [-0.05, 0) is 41.4 Å². The summed E-state index contributed by atoms with van der Waals surface area (Å²) >= 11 is 0. The van der Waals surface area contributed by atoms with Crippen molar-refractivity contribution < 1.29 is 4.79 Å². The highest BCUT2D eigenvalue weighted by Gasteiger charge is 2.13. The first kappa shape index (κ1) is 17.5. The standard InChI is InChI=1S/C18H30N2O/c1-17(2,3)12-7-13-19-16(21)20-15-10-8-14(9-11-15)18(4,5)6/h8-11H,7,12-13H2,1-6H3,(H2,19,20,21). The van der Waals surface area contributed by atoms with E-state index in [0.717, 1.165) is 18.5 Å². The highest BCUT2D eigenvalue weighted by atomic mass is 16.2. The lowest BCUT2D eigenvalue weighted by Crippen LogP contribution is -2.30. The van der Waals surface area contributed by atoms with Crippen LogP contribution in [-0.4, -0.2) is 12.6 Å². The molecule has 0 saturated carbocycles. The van der Waals surface area contributed by atoms with Gasteiger partial charge >= 0.3 is 6.03 Å². The van der Waals surface area contributed by atoms with Gasteiger partial charge < -0.3 is 10.6 Å². The minimum atomic E-state index is -0.132. The molecule has 0 unspecified atom stereocenters. The topological polar surface area (TPSA) is 41.1 Å². The fraction of sp³-hybridized carbons (Fsp3) is 0.611. The summed E-state index contributed by atoms with van der Waals surface area (Å²) in [4.78, 5) is 11.8. The lowest BCUT2D eigenvalue weighted by molar-refractivity contribution is 0.251. The van der Waals surface area contributed by atoms with Gasteiger partial charge in [-0.3, -0.25) is 0 Å². The molecule has 0 radical (unpaired) electrons. The lowest BCUT2D eigenvalue weighted by Gasteiger charge is -2.19. The first-order valence-electron chi connectivity index (χ1n) is 7.73. The number of amides is 2. The molecule has 0 atom stereocenters. The summed E-state index contributed by atoms with van der Waals surface area (Å²) in [6.45, 7) is 13.9. The second-order valence-corrected chi connectivity index (χ2v) is 7.87. The van der Waals surface area contributed by atoms with Crippen molar-refractivity contribution in [2.45, 2.75) is 59.8 Å². The Bertz CT molecular complexity index is 450. The van der Waals surface area contributed by atoms with Gasteiger partial charge in [0.2, 0.25) is 0 Å². The molecular weight excluding hydrogens is 260 g/mol. The van der Waals surface area contributed by atoms with E-state index in [0.29, 0.717) is 12.0 Å². The summed E-state index contributed by atoms with van der Waals surface area (Å²) in [5.74, 6) is 0. The monoisotopic (exact) mass is 290 g/mol. The second-order valence-electron chi connectivity index (χ2n) is 7.87. The molecule has 1 rings (SSSR count). The predicted octanol–water partition coefficient (Wildman–Crippen LogP) is 4.93. The molecule has 0 aliphatic carbocycles. The minimum Gasteiger partial charge on any atom is -0.338 e. The normalized spacial score (nSPS) is 12.1. The van der Waals surface area contributed by atoms with Crippen LogP contribution in [0.15, 0.2) is 24.3 Å². The molecule has 1 aromatic carbocycles. The molecule has 118 valence electrons. The highest BCUT2D eigenvalue weighted by Crippen LogP contribution is 2.23. The zero-order valence-corrected chi connectivity index (χ0v) is 14.3. The zero-order valence-electron chi connectivity index (χ0n) is 14.3. The largest absolute Gasteiger partial charge is 0.338 e. The van der Waals surface area contributed by atoms with Gasteiger partial charge in [0.25, 0.3) is 0 Å². The number of carbonyl (C=O) groups is 1. The van der Waals surface area contributed by atoms with Gasteiger partial charge in [0.15, 0.2) is 0 Å². The molecule has 1 aromatic rings. The van der Waals surface area contributed by atoms with E-state index in [1.54, 1.807) is 0 Å². The Balaban J connectivity index is 2.38. The molecule has 3 nitrogen and oxygen atoms in total. The van der Waals surface area contributed by atoms with Crippen LogP contribution in [-0.2, 0) is 5.41 Å². The van der Waals surface area contributed by atoms with Crippen LogP contribution in [0.5, 0.6) is 0 Å². The molecule has 3 heteroatoms. The Morgan fingerprint density at radius 2 is 1.57 bits per heavy atom. The van der Waals surface area contributed by atoms with E-state index in [9.17, 15) is 4.79 Å². The Labute approximate surface area is 129 Å². The minimum absolute atomic E-state index is 0.132. The van der Waals surface area contributed by atoms with Crippen molar-refractivity contribution in [1.82, 2.24) is 5.32 Å².